The minimum atomic E-state index is -0.237. The minimum absolute atomic E-state index is 0.126. The molecule has 0 fully saturated rings. The molecule has 1 heterocycles. The Kier molecular flexibility index (Phi) is 5.54. The number of urea groups is 1. The van der Waals surface area contributed by atoms with Gasteiger partial charge >= 0.3 is 6.03 Å². The number of benzene rings is 2. The highest BCUT2D eigenvalue weighted by Gasteiger charge is 2.34. The van der Waals surface area contributed by atoms with Crippen molar-refractivity contribution < 1.29 is 14.4 Å². The van der Waals surface area contributed by atoms with Crippen LogP contribution in [-0.4, -0.2) is 47.3 Å². The summed E-state index contributed by atoms with van der Waals surface area (Å²) in [7, 11) is 0. The monoisotopic (exact) mass is 365 g/mol. The summed E-state index contributed by atoms with van der Waals surface area (Å²) in [6.45, 7) is 5.51. The second-order valence-electron chi connectivity index (χ2n) is 6.36. The van der Waals surface area contributed by atoms with Gasteiger partial charge < -0.3 is 10.2 Å². The second kappa shape index (κ2) is 8.03. The summed E-state index contributed by atoms with van der Waals surface area (Å²) in [5.74, 6) is -0.475. The van der Waals surface area contributed by atoms with Crippen molar-refractivity contribution in [1.82, 2.24) is 9.80 Å². The van der Waals surface area contributed by atoms with E-state index in [9.17, 15) is 14.4 Å². The molecule has 1 N–H and O–H groups in total. The lowest BCUT2D eigenvalue weighted by atomic mass is 10.1. The van der Waals surface area contributed by atoms with Gasteiger partial charge in [0.05, 0.1) is 11.1 Å². The van der Waals surface area contributed by atoms with Gasteiger partial charge in [-0.2, -0.15) is 0 Å². The molecule has 2 aromatic rings. The molecule has 0 aliphatic carbocycles. The van der Waals surface area contributed by atoms with E-state index < -0.39 is 0 Å². The van der Waals surface area contributed by atoms with Crippen LogP contribution in [0.25, 0.3) is 0 Å². The molecule has 1 aliphatic rings. The van der Waals surface area contributed by atoms with E-state index in [0.717, 1.165) is 11.3 Å². The Bertz CT molecular complexity index is 822. The molecule has 140 valence electrons. The maximum absolute atomic E-state index is 12.4. The molecule has 0 radical (unpaired) electrons. The Morgan fingerprint density at radius 1 is 0.926 bits per heavy atom. The molecule has 0 bridgehead atoms. The van der Waals surface area contributed by atoms with Gasteiger partial charge in [0.25, 0.3) is 11.8 Å². The number of imide groups is 1. The predicted molar refractivity (Wildman–Crippen MR) is 104 cm³/mol. The van der Waals surface area contributed by atoms with Crippen molar-refractivity contribution in [2.24, 2.45) is 0 Å². The minimum Gasteiger partial charge on any atom is -0.325 e. The lowest BCUT2D eigenvalue weighted by Gasteiger charge is -2.19. The normalized spacial score (nSPS) is 12.9. The molecule has 4 amide bonds. The number of nitrogens with zero attached hydrogens (tertiary/aromatic N) is 2. The number of nitrogens with one attached hydrogen (secondary N) is 1. The molecule has 0 saturated carbocycles. The van der Waals surface area contributed by atoms with Crippen LogP contribution in [0, 0.1) is 0 Å². The van der Waals surface area contributed by atoms with Crippen molar-refractivity contribution in [2.75, 3.05) is 25.0 Å². The summed E-state index contributed by atoms with van der Waals surface area (Å²) in [5, 5.41) is 2.86. The Labute approximate surface area is 158 Å². The van der Waals surface area contributed by atoms with Gasteiger partial charge in [0.2, 0.25) is 0 Å². The number of carbonyl (C=O) groups is 3. The largest absolute Gasteiger partial charge is 0.325 e. The number of amides is 4. The quantitative estimate of drug-likeness (QED) is 0.798. The Balaban J connectivity index is 1.59. The van der Waals surface area contributed by atoms with Gasteiger partial charge in [0, 0.05) is 25.3 Å². The van der Waals surface area contributed by atoms with Crippen LogP contribution in [0.1, 0.15) is 40.1 Å². The van der Waals surface area contributed by atoms with E-state index in [1.807, 2.05) is 38.1 Å². The van der Waals surface area contributed by atoms with Gasteiger partial charge in [0.15, 0.2) is 0 Å². The molecule has 0 spiro atoms. The zero-order valence-corrected chi connectivity index (χ0v) is 15.6. The lowest BCUT2D eigenvalue weighted by Crippen LogP contribution is -2.34. The molecular weight excluding hydrogens is 342 g/mol. The van der Waals surface area contributed by atoms with Crippen LogP contribution >= 0.6 is 0 Å². The summed E-state index contributed by atoms with van der Waals surface area (Å²) in [4.78, 5) is 39.8. The van der Waals surface area contributed by atoms with E-state index in [4.69, 9.17) is 0 Å². The highest BCUT2D eigenvalue weighted by molar-refractivity contribution is 6.21. The third-order valence-corrected chi connectivity index (χ3v) is 4.76. The van der Waals surface area contributed by atoms with Crippen molar-refractivity contribution in [3.63, 3.8) is 0 Å². The van der Waals surface area contributed by atoms with E-state index in [1.54, 1.807) is 29.2 Å². The predicted octanol–water partition coefficient (Wildman–Crippen LogP) is 3.40. The van der Waals surface area contributed by atoms with Gasteiger partial charge in [0.1, 0.15) is 0 Å². The Morgan fingerprint density at radius 3 is 2.00 bits per heavy atom. The van der Waals surface area contributed by atoms with Gasteiger partial charge in [-0.1, -0.05) is 24.3 Å². The molecular formula is C21H23N3O3. The molecule has 1 aliphatic heterocycles. The van der Waals surface area contributed by atoms with Crippen molar-refractivity contribution >= 4 is 23.5 Å². The average Bonchev–Trinajstić information content (AvgIpc) is 2.93. The molecule has 0 aromatic heterocycles. The van der Waals surface area contributed by atoms with Gasteiger partial charge in [-0.05, 0) is 50.1 Å². The molecule has 6 nitrogen and oxygen atoms in total. The SMILES string of the molecule is CCN(CC)C(=O)Nc1ccc(CCN2C(=O)c3ccccc3C2=O)cc1. The first-order chi connectivity index (χ1) is 13.0. The summed E-state index contributed by atoms with van der Waals surface area (Å²) in [6.07, 6.45) is 0.565. The number of carbonyl (C=O) groups excluding carboxylic acids is 3. The molecule has 6 heteroatoms. The first-order valence-corrected chi connectivity index (χ1v) is 9.15. The number of anilines is 1. The van der Waals surface area contributed by atoms with E-state index in [2.05, 4.69) is 5.32 Å². The van der Waals surface area contributed by atoms with E-state index in [0.29, 0.717) is 37.2 Å². The smallest absolute Gasteiger partial charge is 0.321 e. The van der Waals surface area contributed by atoms with Crippen LogP contribution in [0.5, 0.6) is 0 Å². The number of hydrogen-bond acceptors (Lipinski definition) is 3. The molecule has 3 rings (SSSR count). The Morgan fingerprint density at radius 2 is 1.48 bits per heavy atom. The second-order valence-corrected chi connectivity index (χ2v) is 6.36. The maximum Gasteiger partial charge on any atom is 0.321 e. The fraction of sp³-hybridized carbons (Fsp3) is 0.286. The zero-order valence-electron chi connectivity index (χ0n) is 15.6. The summed E-state index contributed by atoms with van der Waals surface area (Å²) in [6, 6.07) is 14.2. The molecule has 2 aromatic carbocycles. The molecule has 0 atom stereocenters. The van der Waals surface area contributed by atoms with Crippen molar-refractivity contribution in [3.8, 4) is 0 Å². The van der Waals surface area contributed by atoms with Crippen LogP contribution in [0.4, 0.5) is 10.5 Å². The Hall–Kier alpha value is -3.15. The topological polar surface area (TPSA) is 69.7 Å². The van der Waals surface area contributed by atoms with Crippen LogP contribution < -0.4 is 5.32 Å². The molecule has 0 saturated heterocycles. The third-order valence-electron chi connectivity index (χ3n) is 4.76. The number of hydrogen-bond donors (Lipinski definition) is 1. The standard InChI is InChI=1S/C21H23N3O3/c1-3-23(4-2)21(27)22-16-11-9-15(10-12-16)13-14-24-19(25)17-7-5-6-8-18(17)20(24)26/h5-12H,3-4,13-14H2,1-2H3,(H,22,27). The van der Waals surface area contributed by atoms with Gasteiger partial charge in [-0.25, -0.2) is 4.79 Å². The maximum atomic E-state index is 12.4. The van der Waals surface area contributed by atoms with Gasteiger partial charge in [-0.15, -0.1) is 0 Å². The van der Waals surface area contributed by atoms with Crippen LogP contribution in [0.3, 0.4) is 0 Å². The van der Waals surface area contributed by atoms with Crippen LogP contribution in [0.15, 0.2) is 48.5 Å². The van der Waals surface area contributed by atoms with Crippen LogP contribution in [-0.2, 0) is 6.42 Å². The lowest BCUT2D eigenvalue weighted by molar-refractivity contribution is 0.0656. The van der Waals surface area contributed by atoms with E-state index >= 15 is 0 Å². The van der Waals surface area contributed by atoms with Gasteiger partial charge in [-0.3, -0.25) is 14.5 Å². The fourth-order valence-electron chi connectivity index (χ4n) is 3.15. The first-order valence-electron chi connectivity index (χ1n) is 9.15. The summed E-state index contributed by atoms with van der Waals surface area (Å²) in [5.41, 5.74) is 2.65. The molecule has 27 heavy (non-hydrogen) atoms. The van der Waals surface area contributed by atoms with E-state index in [-0.39, 0.29) is 17.8 Å². The molecule has 0 unspecified atom stereocenters. The van der Waals surface area contributed by atoms with Crippen molar-refractivity contribution in [1.29, 1.82) is 0 Å². The first kappa shape index (κ1) is 18.6. The van der Waals surface area contributed by atoms with Crippen LogP contribution in [0.2, 0.25) is 0 Å². The fourth-order valence-corrected chi connectivity index (χ4v) is 3.15. The number of rotatable bonds is 6. The number of fused-ring (bicyclic) bond motifs is 1. The highest BCUT2D eigenvalue weighted by atomic mass is 16.2. The summed E-state index contributed by atoms with van der Waals surface area (Å²) < 4.78 is 0. The highest BCUT2D eigenvalue weighted by Crippen LogP contribution is 2.22. The average molecular weight is 365 g/mol. The van der Waals surface area contributed by atoms with Crippen molar-refractivity contribution in [3.05, 3.63) is 65.2 Å². The van der Waals surface area contributed by atoms with Crippen molar-refractivity contribution in [2.45, 2.75) is 20.3 Å². The third kappa shape index (κ3) is 3.84. The zero-order chi connectivity index (χ0) is 19.4. The summed E-state index contributed by atoms with van der Waals surface area (Å²) >= 11 is 0. The van der Waals surface area contributed by atoms with E-state index in [1.165, 1.54) is 4.90 Å².